The molecule has 1 fully saturated rings. The molecule has 0 bridgehead atoms. The number of H-pyrrole nitrogens is 1. The number of aromatic amines is 1. The van der Waals surface area contributed by atoms with Crippen LogP contribution in [0.1, 0.15) is 23.0 Å². The first kappa shape index (κ1) is 19.2. The van der Waals surface area contributed by atoms with Crippen molar-refractivity contribution in [1.29, 1.82) is 0 Å². The van der Waals surface area contributed by atoms with Crippen molar-refractivity contribution in [1.82, 2.24) is 9.97 Å². The van der Waals surface area contributed by atoms with Gasteiger partial charge in [0.15, 0.2) is 22.4 Å². The van der Waals surface area contributed by atoms with Gasteiger partial charge < -0.3 is 15.4 Å². The number of thioether (sulfide) groups is 1. The van der Waals surface area contributed by atoms with Gasteiger partial charge in [0, 0.05) is 17.1 Å². The highest BCUT2D eigenvalue weighted by Gasteiger charge is 2.40. The van der Waals surface area contributed by atoms with Gasteiger partial charge in [0.25, 0.3) is 5.91 Å². The average Bonchev–Trinajstić information content (AvgIpc) is 3.28. The number of amides is 1. The maximum absolute atomic E-state index is 12.7. The average molecular weight is 407 g/mol. The molecule has 0 saturated carbocycles. The molecule has 1 aliphatic heterocycles. The number of amidine groups is 1. The fraction of sp³-hybridized carbons (Fsp3) is 0.190. The van der Waals surface area contributed by atoms with Gasteiger partial charge in [-0.25, -0.2) is 9.98 Å². The van der Waals surface area contributed by atoms with Crippen LogP contribution in [0.25, 0.3) is 0 Å². The van der Waals surface area contributed by atoms with Gasteiger partial charge in [0.1, 0.15) is 0 Å². The maximum Gasteiger partial charge on any atom is 0.276 e. The highest BCUT2D eigenvalue weighted by molar-refractivity contribution is 8.14. The van der Waals surface area contributed by atoms with Crippen molar-refractivity contribution in [3.05, 3.63) is 72.2 Å². The number of imidazole rings is 1. The van der Waals surface area contributed by atoms with Crippen LogP contribution in [0.5, 0.6) is 0 Å². The van der Waals surface area contributed by atoms with Gasteiger partial charge in [-0.2, -0.15) is 0 Å². The fourth-order valence-corrected chi connectivity index (χ4v) is 4.16. The second kappa shape index (κ2) is 7.73. The standard InChI is InChI=1S/C21H21N5O2S/c1-14-8-10-15(11-9-14)24-19(27)17-18(23-13-22-17)25-20-26(21(2,28)12-29-20)16-6-4-3-5-7-16/h3-11,13,28H,12H2,1-2H3,(H,22,23)(H,24,27)/b25-20-. The van der Waals surface area contributed by atoms with Gasteiger partial charge in [0.05, 0.1) is 6.33 Å². The summed E-state index contributed by atoms with van der Waals surface area (Å²) < 4.78 is 0. The minimum Gasteiger partial charge on any atom is -0.370 e. The lowest BCUT2D eigenvalue weighted by Crippen LogP contribution is -2.45. The van der Waals surface area contributed by atoms with Crippen LogP contribution in [0.15, 0.2) is 65.9 Å². The van der Waals surface area contributed by atoms with E-state index in [9.17, 15) is 9.90 Å². The normalized spacial score (nSPS) is 20.2. The number of carbonyl (C=O) groups excluding carboxylic acids is 1. The Labute approximate surface area is 172 Å². The molecule has 0 radical (unpaired) electrons. The van der Waals surface area contributed by atoms with Crippen molar-refractivity contribution >= 4 is 40.0 Å². The molecular formula is C21H21N5O2S. The van der Waals surface area contributed by atoms with E-state index in [1.54, 1.807) is 11.8 Å². The lowest BCUT2D eigenvalue weighted by molar-refractivity contribution is 0.0995. The molecule has 1 unspecified atom stereocenters. The number of aliphatic imine (C=N–C) groups is 1. The molecule has 7 nitrogen and oxygen atoms in total. The topological polar surface area (TPSA) is 93.6 Å². The zero-order valence-corrected chi connectivity index (χ0v) is 16.9. The molecule has 148 valence electrons. The van der Waals surface area contributed by atoms with Crippen molar-refractivity contribution < 1.29 is 9.90 Å². The van der Waals surface area contributed by atoms with Gasteiger partial charge in [-0.3, -0.25) is 9.69 Å². The van der Waals surface area contributed by atoms with Crippen LogP contribution in [0.2, 0.25) is 0 Å². The number of benzene rings is 2. The third kappa shape index (κ3) is 4.03. The van der Waals surface area contributed by atoms with Gasteiger partial charge in [-0.15, -0.1) is 0 Å². The van der Waals surface area contributed by atoms with Gasteiger partial charge in [-0.1, -0.05) is 47.7 Å². The third-order valence-electron chi connectivity index (χ3n) is 4.52. The third-order valence-corrected chi connectivity index (χ3v) is 5.74. The lowest BCUT2D eigenvalue weighted by atomic mass is 10.2. The molecule has 2 aromatic carbocycles. The SMILES string of the molecule is Cc1ccc(NC(=O)c2[nH]cnc2/N=C2\SCC(C)(O)N2c2ccccc2)cc1. The van der Waals surface area contributed by atoms with Crippen LogP contribution < -0.4 is 10.2 Å². The second-order valence-corrected chi connectivity index (χ2v) is 7.93. The maximum atomic E-state index is 12.7. The van der Waals surface area contributed by atoms with Crippen molar-refractivity contribution in [2.75, 3.05) is 16.0 Å². The first-order valence-electron chi connectivity index (χ1n) is 9.14. The van der Waals surface area contributed by atoms with E-state index in [-0.39, 0.29) is 17.4 Å². The zero-order chi connectivity index (χ0) is 20.4. The lowest BCUT2D eigenvalue weighted by Gasteiger charge is -2.30. The summed E-state index contributed by atoms with van der Waals surface area (Å²) in [4.78, 5) is 26.1. The van der Waals surface area contributed by atoms with Crippen molar-refractivity contribution in [2.24, 2.45) is 4.99 Å². The van der Waals surface area contributed by atoms with E-state index in [0.29, 0.717) is 16.6 Å². The van der Waals surface area contributed by atoms with Gasteiger partial charge in [0.2, 0.25) is 0 Å². The number of aryl methyl sites for hydroxylation is 1. The summed E-state index contributed by atoms with van der Waals surface area (Å²) in [5, 5.41) is 14.2. The number of anilines is 2. The monoisotopic (exact) mass is 407 g/mol. The van der Waals surface area contributed by atoms with E-state index >= 15 is 0 Å². The molecule has 8 heteroatoms. The van der Waals surface area contributed by atoms with Crippen LogP contribution in [-0.2, 0) is 0 Å². The van der Waals surface area contributed by atoms with Crippen LogP contribution >= 0.6 is 11.8 Å². The van der Waals surface area contributed by atoms with Crippen LogP contribution in [-0.4, -0.2) is 37.6 Å². The molecule has 3 N–H and O–H groups in total. The second-order valence-electron chi connectivity index (χ2n) is 6.99. The molecule has 3 aromatic rings. The van der Waals surface area contributed by atoms with Gasteiger partial charge in [-0.05, 0) is 38.1 Å². The van der Waals surface area contributed by atoms with Crippen molar-refractivity contribution in [2.45, 2.75) is 19.6 Å². The molecule has 0 aliphatic carbocycles. The Bertz CT molecular complexity index is 1040. The summed E-state index contributed by atoms with van der Waals surface area (Å²) >= 11 is 1.42. The summed E-state index contributed by atoms with van der Waals surface area (Å²) in [6, 6.07) is 17.1. The number of carbonyl (C=O) groups is 1. The molecule has 0 spiro atoms. The molecule has 29 heavy (non-hydrogen) atoms. The smallest absolute Gasteiger partial charge is 0.276 e. The van der Waals surface area contributed by atoms with E-state index in [1.165, 1.54) is 18.1 Å². The van der Waals surface area contributed by atoms with Gasteiger partial charge >= 0.3 is 0 Å². The Balaban J connectivity index is 1.63. The van der Waals surface area contributed by atoms with E-state index in [1.807, 2.05) is 61.5 Å². The number of rotatable bonds is 4. The summed E-state index contributed by atoms with van der Waals surface area (Å²) in [5.74, 6) is 0.401. The minimum absolute atomic E-state index is 0.262. The Hall–Kier alpha value is -3.10. The quantitative estimate of drug-likeness (QED) is 0.609. The number of aromatic nitrogens is 2. The summed E-state index contributed by atoms with van der Waals surface area (Å²) in [6.07, 6.45) is 1.44. The Morgan fingerprint density at radius 3 is 2.69 bits per heavy atom. The highest BCUT2D eigenvalue weighted by Crippen LogP contribution is 2.37. The number of para-hydroxylation sites is 1. The first-order chi connectivity index (χ1) is 13.9. The molecule has 4 rings (SSSR count). The largest absolute Gasteiger partial charge is 0.370 e. The van der Waals surface area contributed by atoms with E-state index in [4.69, 9.17) is 0 Å². The van der Waals surface area contributed by atoms with Crippen molar-refractivity contribution in [3.8, 4) is 0 Å². The molecular weight excluding hydrogens is 386 g/mol. The van der Waals surface area contributed by atoms with Crippen molar-refractivity contribution in [3.63, 3.8) is 0 Å². The molecule has 1 saturated heterocycles. The minimum atomic E-state index is -1.09. The fourth-order valence-electron chi connectivity index (χ4n) is 3.04. The molecule has 1 atom stereocenters. The number of hydrogen-bond donors (Lipinski definition) is 3. The summed E-state index contributed by atoms with van der Waals surface area (Å²) in [7, 11) is 0. The zero-order valence-electron chi connectivity index (χ0n) is 16.1. The van der Waals surface area contributed by atoms with Crippen LogP contribution in [0.4, 0.5) is 17.2 Å². The van der Waals surface area contributed by atoms with E-state index in [2.05, 4.69) is 20.3 Å². The summed E-state index contributed by atoms with van der Waals surface area (Å²) in [6.45, 7) is 3.73. The molecule has 1 amide bonds. The summed E-state index contributed by atoms with van der Waals surface area (Å²) in [5.41, 5.74) is 1.80. The van der Waals surface area contributed by atoms with Crippen LogP contribution in [0.3, 0.4) is 0 Å². The molecule has 1 aromatic heterocycles. The number of nitrogens with one attached hydrogen (secondary N) is 2. The number of nitrogens with zero attached hydrogens (tertiary/aromatic N) is 3. The predicted octanol–water partition coefficient (Wildman–Crippen LogP) is 3.92. The predicted molar refractivity (Wildman–Crippen MR) is 117 cm³/mol. The highest BCUT2D eigenvalue weighted by atomic mass is 32.2. The Morgan fingerprint density at radius 2 is 1.97 bits per heavy atom. The van der Waals surface area contributed by atoms with Crippen LogP contribution in [0, 0.1) is 6.92 Å². The number of aliphatic hydroxyl groups is 1. The Kier molecular flexibility index (Phi) is 5.12. The number of hydrogen-bond acceptors (Lipinski definition) is 5. The molecule has 1 aliphatic rings. The van der Waals surface area contributed by atoms with E-state index < -0.39 is 5.72 Å². The van der Waals surface area contributed by atoms with E-state index in [0.717, 1.165) is 11.3 Å². The Morgan fingerprint density at radius 1 is 1.24 bits per heavy atom. The molecule has 2 heterocycles. The first-order valence-corrected chi connectivity index (χ1v) is 10.1.